The minimum absolute atomic E-state index is 0.938. The van der Waals surface area contributed by atoms with E-state index in [4.69, 9.17) is 0 Å². The van der Waals surface area contributed by atoms with Crippen molar-refractivity contribution < 1.29 is 4.90 Å². The summed E-state index contributed by atoms with van der Waals surface area (Å²) in [7, 11) is 4.36. The number of quaternary nitrogens is 1. The Morgan fingerprint density at radius 2 is 2.17 bits per heavy atom. The lowest BCUT2D eigenvalue weighted by molar-refractivity contribution is -0.856. The van der Waals surface area contributed by atoms with Crippen LogP contribution in [0.15, 0.2) is 41.2 Å². The van der Waals surface area contributed by atoms with E-state index in [0.717, 1.165) is 25.5 Å². The van der Waals surface area contributed by atoms with Crippen LogP contribution in [0.4, 0.5) is 5.82 Å². The standard InChI is InChI=1S/C14H19N3S/c1-16(2)8-9-17(11-13-6-10-18-12-13)14-5-3-4-7-15-14/h3-7,10,12H,8-9,11H2,1-2H3/p+1. The van der Waals surface area contributed by atoms with E-state index in [0.29, 0.717) is 0 Å². The van der Waals surface area contributed by atoms with E-state index >= 15 is 0 Å². The lowest BCUT2D eigenvalue weighted by Gasteiger charge is -2.23. The summed E-state index contributed by atoms with van der Waals surface area (Å²) >= 11 is 1.75. The predicted octanol–water partition coefficient (Wildman–Crippen LogP) is 1.29. The maximum atomic E-state index is 4.46. The molecule has 0 aliphatic carbocycles. The topological polar surface area (TPSA) is 20.6 Å². The molecule has 96 valence electrons. The third-order valence-corrected chi connectivity index (χ3v) is 3.54. The van der Waals surface area contributed by atoms with Gasteiger partial charge in [0.15, 0.2) is 0 Å². The van der Waals surface area contributed by atoms with Crippen molar-refractivity contribution >= 4 is 17.2 Å². The number of rotatable bonds is 6. The van der Waals surface area contributed by atoms with Crippen LogP contribution in [0.1, 0.15) is 5.56 Å². The Balaban J connectivity index is 2.07. The number of anilines is 1. The fourth-order valence-corrected chi connectivity index (χ4v) is 2.44. The van der Waals surface area contributed by atoms with Crippen LogP contribution >= 0.6 is 11.3 Å². The molecule has 0 aliphatic heterocycles. The molecule has 2 aromatic rings. The van der Waals surface area contributed by atoms with Gasteiger partial charge in [0.1, 0.15) is 5.82 Å². The van der Waals surface area contributed by atoms with Crippen molar-refractivity contribution in [2.75, 3.05) is 32.1 Å². The molecular weight excluding hydrogens is 242 g/mol. The number of hydrogen-bond donors (Lipinski definition) is 1. The van der Waals surface area contributed by atoms with Gasteiger partial charge in [0.25, 0.3) is 0 Å². The van der Waals surface area contributed by atoms with Gasteiger partial charge in [-0.3, -0.25) is 0 Å². The molecule has 0 saturated carbocycles. The molecule has 0 aromatic carbocycles. The van der Waals surface area contributed by atoms with Crippen molar-refractivity contribution in [1.29, 1.82) is 0 Å². The van der Waals surface area contributed by atoms with E-state index in [9.17, 15) is 0 Å². The van der Waals surface area contributed by atoms with Crippen molar-refractivity contribution in [3.8, 4) is 0 Å². The second-order valence-electron chi connectivity index (χ2n) is 4.70. The second-order valence-corrected chi connectivity index (χ2v) is 5.48. The zero-order valence-electron chi connectivity index (χ0n) is 11.0. The van der Waals surface area contributed by atoms with Crippen molar-refractivity contribution in [2.24, 2.45) is 0 Å². The minimum atomic E-state index is 0.938. The van der Waals surface area contributed by atoms with Gasteiger partial charge in [-0.1, -0.05) is 6.07 Å². The molecule has 0 fully saturated rings. The van der Waals surface area contributed by atoms with Gasteiger partial charge in [0, 0.05) is 12.7 Å². The molecule has 0 saturated heterocycles. The van der Waals surface area contributed by atoms with Crippen LogP contribution in [0.2, 0.25) is 0 Å². The molecule has 1 N–H and O–H groups in total. The van der Waals surface area contributed by atoms with Gasteiger partial charge in [-0.05, 0) is 34.5 Å². The minimum Gasteiger partial charge on any atom is -0.347 e. The molecule has 2 heterocycles. The highest BCUT2D eigenvalue weighted by molar-refractivity contribution is 7.07. The molecule has 0 radical (unpaired) electrons. The van der Waals surface area contributed by atoms with E-state index < -0.39 is 0 Å². The SMILES string of the molecule is C[NH+](C)CCN(Cc1ccsc1)c1ccccn1. The number of nitrogens with one attached hydrogen (secondary N) is 1. The van der Waals surface area contributed by atoms with E-state index in [2.05, 4.69) is 46.9 Å². The number of thiophene rings is 1. The lowest BCUT2D eigenvalue weighted by Crippen LogP contribution is -3.06. The summed E-state index contributed by atoms with van der Waals surface area (Å²) in [6.45, 7) is 3.07. The van der Waals surface area contributed by atoms with Crippen LogP contribution in [0.5, 0.6) is 0 Å². The summed E-state index contributed by atoms with van der Waals surface area (Å²) in [4.78, 5) is 8.26. The molecule has 0 aliphatic rings. The van der Waals surface area contributed by atoms with Crippen LogP contribution in [-0.2, 0) is 6.54 Å². The van der Waals surface area contributed by atoms with Crippen molar-refractivity contribution in [3.63, 3.8) is 0 Å². The van der Waals surface area contributed by atoms with Gasteiger partial charge in [-0.25, -0.2) is 4.98 Å². The molecule has 2 rings (SSSR count). The van der Waals surface area contributed by atoms with Gasteiger partial charge < -0.3 is 9.80 Å². The number of aromatic nitrogens is 1. The van der Waals surface area contributed by atoms with Crippen LogP contribution in [0, 0.1) is 0 Å². The normalized spacial score (nSPS) is 10.8. The Morgan fingerprint density at radius 1 is 1.28 bits per heavy atom. The Morgan fingerprint density at radius 3 is 2.78 bits per heavy atom. The summed E-state index contributed by atoms with van der Waals surface area (Å²) < 4.78 is 0. The average molecular weight is 262 g/mol. The summed E-state index contributed by atoms with van der Waals surface area (Å²) in [5.74, 6) is 1.06. The first-order chi connectivity index (χ1) is 8.75. The third-order valence-electron chi connectivity index (χ3n) is 2.81. The second kappa shape index (κ2) is 6.52. The number of hydrogen-bond acceptors (Lipinski definition) is 3. The Hall–Kier alpha value is -1.39. The van der Waals surface area contributed by atoms with Crippen molar-refractivity contribution in [1.82, 2.24) is 4.98 Å². The molecule has 0 unspecified atom stereocenters. The highest BCUT2D eigenvalue weighted by Crippen LogP contribution is 2.15. The zero-order valence-corrected chi connectivity index (χ0v) is 11.8. The first kappa shape index (κ1) is 13.1. The van der Waals surface area contributed by atoms with E-state index in [1.165, 1.54) is 10.5 Å². The highest BCUT2D eigenvalue weighted by atomic mass is 32.1. The van der Waals surface area contributed by atoms with Crippen LogP contribution in [-0.4, -0.2) is 32.2 Å². The van der Waals surface area contributed by atoms with Crippen LogP contribution in [0.25, 0.3) is 0 Å². The molecule has 4 heteroatoms. The summed E-state index contributed by atoms with van der Waals surface area (Å²) in [6, 6.07) is 8.27. The molecule has 18 heavy (non-hydrogen) atoms. The average Bonchev–Trinajstić information content (AvgIpc) is 2.88. The quantitative estimate of drug-likeness (QED) is 0.847. The summed E-state index contributed by atoms with van der Waals surface area (Å²) in [5, 5.41) is 4.33. The maximum Gasteiger partial charge on any atom is 0.128 e. The van der Waals surface area contributed by atoms with E-state index in [1.807, 2.05) is 18.3 Å². The first-order valence-electron chi connectivity index (χ1n) is 6.22. The molecule has 0 spiro atoms. The Bertz CT molecular complexity index is 439. The monoisotopic (exact) mass is 262 g/mol. The maximum absolute atomic E-state index is 4.46. The first-order valence-corrected chi connectivity index (χ1v) is 7.16. The molecule has 0 amide bonds. The van der Waals surface area contributed by atoms with E-state index in [-0.39, 0.29) is 0 Å². The van der Waals surface area contributed by atoms with Gasteiger partial charge in [-0.2, -0.15) is 11.3 Å². The lowest BCUT2D eigenvalue weighted by atomic mass is 10.3. The number of nitrogens with zero attached hydrogens (tertiary/aromatic N) is 2. The number of pyridine rings is 1. The van der Waals surface area contributed by atoms with Crippen LogP contribution < -0.4 is 9.80 Å². The predicted molar refractivity (Wildman–Crippen MR) is 77.3 cm³/mol. The Kier molecular flexibility index (Phi) is 4.73. The fraction of sp³-hybridized carbons (Fsp3) is 0.357. The molecule has 2 aromatic heterocycles. The smallest absolute Gasteiger partial charge is 0.128 e. The van der Waals surface area contributed by atoms with Gasteiger partial charge in [0.05, 0.1) is 27.2 Å². The largest absolute Gasteiger partial charge is 0.347 e. The number of likely N-dealkylation sites (N-methyl/N-ethyl adjacent to an activating group) is 1. The van der Waals surface area contributed by atoms with E-state index in [1.54, 1.807) is 11.3 Å². The van der Waals surface area contributed by atoms with Crippen molar-refractivity contribution in [2.45, 2.75) is 6.54 Å². The van der Waals surface area contributed by atoms with Gasteiger partial charge in [0.2, 0.25) is 0 Å². The molecule has 0 atom stereocenters. The molecule has 3 nitrogen and oxygen atoms in total. The molecule has 0 bridgehead atoms. The Labute approximate surface area is 113 Å². The third kappa shape index (κ3) is 3.82. The van der Waals surface area contributed by atoms with Crippen molar-refractivity contribution in [3.05, 3.63) is 46.8 Å². The zero-order chi connectivity index (χ0) is 12.8. The summed E-state index contributed by atoms with van der Waals surface area (Å²) in [6.07, 6.45) is 1.86. The van der Waals surface area contributed by atoms with Crippen LogP contribution in [0.3, 0.4) is 0 Å². The highest BCUT2D eigenvalue weighted by Gasteiger charge is 2.10. The van der Waals surface area contributed by atoms with Gasteiger partial charge >= 0.3 is 0 Å². The molecular formula is C14H20N3S+. The van der Waals surface area contributed by atoms with Gasteiger partial charge in [-0.15, -0.1) is 0 Å². The fourth-order valence-electron chi connectivity index (χ4n) is 1.78. The summed E-state index contributed by atoms with van der Waals surface area (Å²) in [5.41, 5.74) is 1.36.